The van der Waals surface area contributed by atoms with E-state index in [4.69, 9.17) is 5.26 Å². The second-order valence-corrected chi connectivity index (χ2v) is 7.46. The highest BCUT2D eigenvalue weighted by Crippen LogP contribution is 2.15. The number of para-hydroxylation sites is 1. The van der Waals surface area contributed by atoms with E-state index in [1.54, 1.807) is 0 Å². The summed E-state index contributed by atoms with van der Waals surface area (Å²) in [6, 6.07) is 12.9. The third kappa shape index (κ3) is 4.81. The zero-order chi connectivity index (χ0) is 20.0. The van der Waals surface area contributed by atoms with Crippen LogP contribution in [0.1, 0.15) is 15.9 Å². The normalized spacial score (nSPS) is 10.9. The van der Waals surface area contributed by atoms with Crippen LogP contribution in [0.3, 0.4) is 0 Å². The summed E-state index contributed by atoms with van der Waals surface area (Å²) in [5.74, 6) is -1.79. The SMILES string of the molecule is CN(CC(=O)NNC(=O)c1ccccc1O)S(=O)(=O)c1ccc(C#N)cc1. The monoisotopic (exact) mass is 388 g/mol. The summed E-state index contributed by atoms with van der Waals surface area (Å²) in [6.07, 6.45) is 0. The summed E-state index contributed by atoms with van der Waals surface area (Å²) < 4.78 is 25.6. The molecule has 0 aliphatic heterocycles. The van der Waals surface area contributed by atoms with Gasteiger partial charge >= 0.3 is 0 Å². The third-order valence-corrected chi connectivity index (χ3v) is 5.34. The molecule has 10 heteroatoms. The molecule has 2 aromatic carbocycles. The number of phenolic OH excluding ortho intramolecular Hbond substituents is 1. The van der Waals surface area contributed by atoms with Gasteiger partial charge in [0.2, 0.25) is 10.0 Å². The molecule has 2 aromatic rings. The number of phenols is 1. The smallest absolute Gasteiger partial charge is 0.273 e. The van der Waals surface area contributed by atoms with Gasteiger partial charge in [0.1, 0.15) is 5.75 Å². The summed E-state index contributed by atoms with van der Waals surface area (Å²) >= 11 is 0. The van der Waals surface area contributed by atoms with E-state index in [2.05, 4.69) is 10.9 Å². The summed E-state index contributed by atoms with van der Waals surface area (Å²) in [4.78, 5) is 23.7. The van der Waals surface area contributed by atoms with Crippen molar-refractivity contribution in [3.63, 3.8) is 0 Å². The van der Waals surface area contributed by atoms with E-state index in [1.807, 2.05) is 6.07 Å². The van der Waals surface area contributed by atoms with Crippen LogP contribution in [0.25, 0.3) is 0 Å². The molecule has 2 amide bonds. The number of benzene rings is 2. The van der Waals surface area contributed by atoms with Gasteiger partial charge in [-0.25, -0.2) is 8.42 Å². The van der Waals surface area contributed by atoms with E-state index in [-0.39, 0.29) is 16.2 Å². The molecule has 0 fully saturated rings. The number of nitrogens with zero attached hydrogens (tertiary/aromatic N) is 2. The first-order valence-electron chi connectivity index (χ1n) is 7.59. The molecular formula is C17H16N4O5S. The van der Waals surface area contributed by atoms with E-state index in [0.717, 1.165) is 4.31 Å². The van der Waals surface area contributed by atoms with Crippen molar-refractivity contribution in [1.29, 1.82) is 5.26 Å². The fourth-order valence-corrected chi connectivity index (χ4v) is 3.19. The first-order valence-corrected chi connectivity index (χ1v) is 9.03. The Morgan fingerprint density at radius 2 is 1.74 bits per heavy atom. The van der Waals surface area contributed by atoms with Crippen LogP contribution in [0.5, 0.6) is 5.75 Å². The number of likely N-dealkylation sites (N-methyl/N-ethyl adjacent to an activating group) is 1. The Labute approximate surface area is 155 Å². The number of hydrogen-bond donors (Lipinski definition) is 3. The van der Waals surface area contributed by atoms with Crippen molar-refractivity contribution in [2.45, 2.75) is 4.90 Å². The number of rotatable bonds is 5. The van der Waals surface area contributed by atoms with Gasteiger partial charge in [-0.05, 0) is 36.4 Å². The fourth-order valence-electron chi connectivity index (χ4n) is 2.07. The molecule has 2 rings (SSSR count). The van der Waals surface area contributed by atoms with Crippen molar-refractivity contribution < 1.29 is 23.1 Å². The van der Waals surface area contributed by atoms with Crippen molar-refractivity contribution in [1.82, 2.24) is 15.2 Å². The first-order chi connectivity index (χ1) is 12.8. The molecule has 0 aliphatic carbocycles. The van der Waals surface area contributed by atoms with Crippen molar-refractivity contribution in [3.8, 4) is 11.8 Å². The summed E-state index contributed by atoms with van der Waals surface area (Å²) in [7, 11) is -2.74. The maximum Gasteiger partial charge on any atom is 0.273 e. The van der Waals surface area contributed by atoms with Crippen LogP contribution < -0.4 is 10.9 Å². The highest BCUT2D eigenvalue weighted by molar-refractivity contribution is 7.89. The zero-order valence-corrected chi connectivity index (χ0v) is 15.0. The predicted molar refractivity (Wildman–Crippen MR) is 94.7 cm³/mol. The van der Waals surface area contributed by atoms with Crippen LogP contribution in [-0.4, -0.2) is 43.2 Å². The summed E-state index contributed by atoms with van der Waals surface area (Å²) in [6.45, 7) is -0.552. The second kappa shape index (κ2) is 8.31. The summed E-state index contributed by atoms with van der Waals surface area (Å²) in [5, 5.41) is 18.3. The van der Waals surface area contributed by atoms with Crippen LogP contribution in [-0.2, 0) is 14.8 Å². The molecule has 0 aromatic heterocycles. The standard InChI is InChI=1S/C17H16N4O5S/c1-21(27(25,26)13-8-6-12(10-18)7-9-13)11-16(23)19-20-17(24)14-4-2-3-5-15(14)22/h2-9,22H,11H2,1H3,(H,19,23)(H,20,24). The average molecular weight is 388 g/mol. The van der Waals surface area contributed by atoms with Gasteiger partial charge in [-0.15, -0.1) is 0 Å². The number of aromatic hydroxyl groups is 1. The maximum atomic E-state index is 12.4. The number of sulfonamides is 1. The largest absolute Gasteiger partial charge is 0.507 e. The Morgan fingerprint density at radius 3 is 2.33 bits per heavy atom. The molecule has 0 atom stereocenters. The molecule has 0 spiro atoms. The number of nitriles is 1. The molecule has 0 heterocycles. The average Bonchev–Trinajstić information content (AvgIpc) is 2.66. The number of amides is 2. The second-order valence-electron chi connectivity index (χ2n) is 5.42. The molecular weight excluding hydrogens is 372 g/mol. The first kappa shape index (κ1) is 19.9. The van der Waals surface area contributed by atoms with Gasteiger partial charge in [-0.1, -0.05) is 12.1 Å². The van der Waals surface area contributed by atoms with Crippen molar-refractivity contribution in [2.75, 3.05) is 13.6 Å². The lowest BCUT2D eigenvalue weighted by Crippen LogP contribution is -2.46. The molecule has 0 unspecified atom stereocenters. The Bertz CT molecular complexity index is 997. The van der Waals surface area contributed by atoms with Gasteiger partial charge < -0.3 is 5.11 Å². The lowest BCUT2D eigenvalue weighted by Gasteiger charge is -2.17. The minimum absolute atomic E-state index is 0.0450. The van der Waals surface area contributed by atoms with Crippen LogP contribution in [0.15, 0.2) is 53.4 Å². The summed E-state index contributed by atoms with van der Waals surface area (Å²) in [5.41, 5.74) is 4.44. The topological polar surface area (TPSA) is 140 Å². The van der Waals surface area contributed by atoms with Gasteiger partial charge in [-0.2, -0.15) is 9.57 Å². The fraction of sp³-hybridized carbons (Fsp3) is 0.118. The van der Waals surface area contributed by atoms with Gasteiger partial charge in [0.25, 0.3) is 11.8 Å². The minimum Gasteiger partial charge on any atom is -0.507 e. The molecule has 0 radical (unpaired) electrons. The zero-order valence-electron chi connectivity index (χ0n) is 14.2. The number of hydrogen-bond acceptors (Lipinski definition) is 6. The number of carbonyl (C=O) groups is 2. The highest BCUT2D eigenvalue weighted by atomic mass is 32.2. The lowest BCUT2D eigenvalue weighted by atomic mass is 10.2. The van der Waals surface area contributed by atoms with E-state index >= 15 is 0 Å². The molecule has 9 nitrogen and oxygen atoms in total. The van der Waals surface area contributed by atoms with Gasteiger partial charge in [0.05, 0.1) is 28.6 Å². The molecule has 0 saturated carbocycles. The van der Waals surface area contributed by atoms with Crippen molar-refractivity contribution in [3.05, 3.63) is 59.7 Å². The molecule has 27 heavy (non-hydrogen) atoms. The number of nitrogens with one attached hydrogen (secondary N) is 2. The number of carbonyl (C=O) groups excluding carboxylic acids is 2. The van der Waals surface area contributed by atoms with E-state index in [1.165, 1.54) is 55.6 Å². The molecule has 140 valence electrons. The molecule has 0 bridgehead atoms. The molecule has 3 N–H and O–H groups in total. The van der Waals surface area contributed by atoms with E-state index in [9.17, 15) is 23.1 Å². The lowest BCUT2D eigenvalue weighted by molar-refractivity contribution is -0.121. The third-order valence-electron chi connectivity index (χ3n) is 3.52. The molecule has 0 saturated heterocycles. The quantitative estimate of drug-likeness (QED) is 0.631. The predicted octanol–water partition coefficient (Wildman–Crippen LogP) is 0.346. The van der Waals surface area contributed by atoms with Crippen LogP contribution in [0.2, 0.25) is 0 Å². The van der Waals surface area contributed by atoms with Gasteiger partial charge in [-0.3, -0.25) is 20.4 Å². The van der Waals surface area contributed by atoms with E-state index in [0.29, 0.717) is 5.56 Å². The van der Waals surface area contributed by atoms with Crippen molar-refractivity contribution in [2.24, 2.45) is 0 Å². The van der Waals surface area contributed by atoms with Crippen LogP contribution in [0.4, 0.5) is 0 Å². The van der Waals surface area contributed by atoms with Gasteiger partial charge in [0.15, 0.2) is 0 Å². The molecule has 0 aliphatic rings. The Hall–Kier alpha value is -3.42. The van der Waals surface area contributed by atoms with Crippen LogP contribution in [0, 0.1) is 11.3 Å². The Balaban J connectivity index is 1.97. The highest BCUT2D eigenvalue weighted by Gasteiger charge is 2.23. The maximum absolute atomic E-state index is 12.4. The van der Waals surface area contributed by atoms with Crippen molar-refractivity contribution >= 4 is 21.8 Å². The van der Waals surface area contributed by atoms with Gasteiger partial charge in [0, 0.05) is 7.05 Å². The van der Waals surface area contributed by atoms with Crippen LogP contribution >= 0.6 is 0 Å². The Kier molecular flexibility index (Phi) is 6.12. The van der Waals surface area contributed by atoms with E-state index < -0.39 is 28.4 Å². The number of hydrazine groups is 1. The minimum atomic E-state index is -3.95. The Morgan fingerprint density at radius 1 is 1.11 bits per heavy atom.